The molecule has 0 aliphatic rings. The summed E-state index contributed by atoms with van der Waals surface area (Å²) in [6, 6.07) is 14.8. The summed E-state index contributed by atoms with van der Waals surface area (Å²) in [5, 5.41) is 10.9. The van der Waals surface area contributed by atoms with E-state index in [1.807, 2.05) is 6.07 Å². The number of rotatable bonds is 12. The van der Waals surface area contributed by atoms with Crippen LogP contribution in [0.25, 0.3) is 0 Å². The molecule has 1 nitrogen and oxygen atoms in total. The molecule has 0 unspecified atom stereocenters. The quantitative estimate of drug-likeness (QED) is 0.370. The van der Waals surface area contributed by atoms with Crippen LogP contribution >= 0.6 is 0 Å². The van der Waals surface area contributed by atoms with Gasteiger partial charge >= 0.3 is 0 Å². The van der Waals surface area contributed by atoms with Gasteiger partial charge in [-0.15, -0.1) is 0 Å². The molecular formula is C27H40O. The van der Waals surface area contributed by atoms with Crippen LogP contribution in [0.3, 0.4) is 0 Å². The minimum Gasteiger partial charge on any atom is -0.508 e. The van der Waals surface area contributed by atoms with Gasteiger partial charge in [-0.2, -0.15) is 0 Å². The zero-order valence-corrected chi connectivity index (χ0v) is 18.6. The van der Waals surface area contributed by atoms with Crippen LogP contribution in [0, 0.1) is 0 Å². The molecule has 0 saturated carbocycles. The Morgan fingerprint density at radius 3 is 2.00 bits per heavy atom. The van der Waals surface area contributed by atoms with Gasteiger partial charge in [0.15, 0.2) is 0 Å². The van der Waals surface area contributed by atoms with Crippen molar-refractivity contribution >= 4 is 0 Å². The van der Waals surface area contributed by atoms with E-state index in [0.29, 0.717) is 5.75 Å². The molecule has 0 aromatic heterocycles. The lowest BCUT2D eigenvalue weighted by Crippen LogP contribution is -2.22. The third-order valence-corrected chi connectivity index (χ3v) is 6.09. The van der Waals surface area contributed by atoms with Crippen LogP contribution in [0.5, 0.6) is 5.75 Å². The summed E-state index contributed by atoms with van der Waals surface area (Å²) in [6.07, 6.45) is 12.4. The van der Waals surface area contributed by atoms with Gasteiger partial charge in [-0.3, -0.25) is 0 Å². The van der Waals surface area contributed by atoms with Crippen LogP contribution in [0.1, 0.15) is 101 Å². The van der Waals surface area contributed by atoms with Crippen molar-refractivity contribution in [2.45, 2.75) is 97.3 Å². The first-order chi connectivity index (χ1) is 13.5. The van der Waals surface area contributed by atoms with Gasteiger partial charge in [0.1, 0.15) is 5.75 Å². The van der Waals surface area contributed by atoms with E-state index in [-0.39, 0.29) is 5.41 Å². The molecule has 0 aliphatic heterocycles. The van der Waals surface area contributed by atoms with Crippen LogP contribution in [0.4, 0.5) is 0 Å². The summed E-state index contributed by atoms with van der Waals surface area (Å²) in [5.41, 5.74) is 5.05. The highest BCUT2D eigenvalue weighted by Crippen LogP contribution is 2.41. The van der Waals surface area contributed by atoms with E-state index in [2.05, 4.69) is 64.1 Å². The number of unbranched alkanes of at least 4 members (excludes halogenated alkanes) is 6. The zero-order chi connectivity index (χ0) is 20.4. The number of aryl methyl sites for hydroxylation is 1. The molecule has 0 radical (unpaired) electrons. The van der Waals surface area contributed by atoms with Crippen molar-refractivity contribution in [2.24, 2.45) is 0 Å². The average Bonchev–Trinajstić information content (AvgIpc) is 2.70. The van der Waals surface area contributed by atoms with Crippen molar-refractivity contribution in [3.05, 3.63) is 64.7 Å². The molecule has 0 heterocycles. The maximum atomic E-state index is 10.9. The lowest BCUT2D eigenvalue weighted by atomic mass is 9.73. The van der Waals surface area contributed by atoms with Crippen molar-refractivity contribution in [3.8, 4) is 5.75 Å². The maximum Gasteiger partial charge on any atom is 0.119 e. The number of aromatic hydroxyl groups is 1. The second kappa shape index (κ2) is 11.3. The second-order valence-electron chi connectivity index (χ2n) is 8.71. The van der Waals surface area contributed by atoms with Crippen LogP contribution < -0.4 is 0 Å². The molecule has 2 aromatic rings. The van der Waals surface area contributed by atoms with Gasteiger partial charge in [0.25, 0.3) is 0 Å². The van der Waals surface area contributed by atoms with Gasteiger partial charge < -0.3 is 5.11 Å². The molecule has 0 spiro atoms. The summed E-state index contributed by atoms with van der Waals surface area (Å²) in [5.74, 6) is 0.455. The number of phenolic OH excluding ortho intramolecular Hbond substituents is 1. The molecule has 154 valence electrons. The van der Waals surface area contributed by atoms with Crippen molar-refractivity contribution in [2.75, 3.05) is 0 Å². The van der Waals surface area contributed by atoms with Crippen LogP contribution in [0.15, 0.2) is 42.5 Å². The van der Waals surface area contributed by atoms with E-state index >= 15 is 0 Å². The maximum absolute atomic E-state index is 10.9. The Labute approximate surface area is 173 Å². The molecule has 2 aromatic carbocycles. The molecular weight excluding hydrogens is 340 g/mol. The third-order valence-electron chi connectivity index (χ3n) is 6.09. The normalized spacial score (nSPS) is 11.7. The molecule has 0 bridgehead atoms. The molecule has 0 aliphatic carbocycles. The van der Waals surface area contributed by atoms with E-state index in [9.17, 15) is 5.11 Å². The predicted molar refractivity (Wildman–Crippen MR) is 122 cm³/mol. The first kappa shape index (κ1) is 22.5. The van der Waals surface area contributed by atoms with Gasteiger partial charge in [0, 0.05) is 11.0 Å². The lowest BCUT2D eigenvalue weighted by Gasteiger charge is -2.31. The monoisotopic (exact) mass is 380 g/mol. The van der Waals surface area contributed by atoms with Gasteiger partial charge in [-0.25, -0.2) is 0 Å². The van der Waals surface area contributed by atoms with Crippen molar-refractivity contribution in [1.82, 2.24) is 0 Å². The van der Waals surface area contributed by atoms with Crippen molar-refractivity contribution < 1.29 is 5.11 Å². The Balaban J connectivity index is 2.39. The molecule has 28 heavy (non-hydrogen) atoms. The Hall–Kier alpha value is -1.76. The molecule has 2 rings (SSSR count). The van der Waals surface area contributed by atoms with E-state index < -0.39 is 0 Å². The molecule has 0 saturated heterocycles. The van der Waals surface area contributed by atoms with Crippen LogP contribution in [0.2, 0.25) is 0 Å². The predicted octanol–water partition coefficient (Wildman–Crippen LogP) is 7.96. The molecule has 1 N–H and O–H groups in total. The van der Waals surface area contributed by atoms with E-state index in [0.717, 1.165) is 18.4 Å². The standard InChI is InChI=1S/C27H40O/c1-5-7-9-10-15-19-24-22(16-12-8-6-2)20-21-25(28)26(24)27(3,4)23-17-13-11-14-18-23/h11,13-14,17-18,20-21,28H,5-10,12,15-16,19H2,1-4H3. The van der Waals surface area contributed by atoms with Crippen molar-refractivity contribution in [3.63, 3.8) is 0 Å². The minimum absolute atomic E-state index is 0.204. The van der Waals surface area contributed by atoms with Gasteiger partial charge in [0.2, 0.25) is 0 Å². The first-order valence-corrected chi connectivity index (χ1v) is 11.4. The van der Waals surface area contributed by atoms with Gasteiger partial charge in [-0.05, 0) is 48.4 Å². The smallest absolute Gasteiger partial charge is 0.119 e. The zero-order valence-electron chi connectivity index (χ0n) is 18.6. The Bertz CT molecular complexity index is 700. The number of benzene rings is 2. The Morgan fingerprint density at radius 2 is 1.32 bits per heavy atom. The third kappa shape index (κ3) is 5.87. The summed E-state index contributed by atoms with van der Waals surface area (Å²) in [7, 11) is 0. The Morgan fingerprint density at radius 1 is 0.714 bits per heavy atom. The number of hydrogen-bond donors (Lipinski definition) is 1. The minimum atomic E-state index is -0.204. The van der Waals surface area contributed by atoms with E-state index in [1.165, 1.54) is 68.1 Å². The SMILES string of the molecule is CCCCCCCc1c(CCCCC)ccc(O)c1C(C)(C)c1ccccc1. The van der Waals surface area contributed by atoms with Crippen LogP contribution in [-0.2, 0) is 18.3 Å². The molecule has 1 heteroatoms. The average molecular weight is 381 g/mol. The second-order valence-corrected chi connectivity index (χ2v) is 8.71. The summed E-state index contributed by atoms with van der Waals surface area (Å²) in [6.45, 7) is 9.04. The molecule has 0 fully saturated rings. The van der Waals surface area contributed by atoms with E-state index in [1.54, 1.807) is 0 Å². The van der Waals surface area contributed by atoms with Crippen molar-refractivity contribution in [1.29, 1.82) is 0 Å². The first-order valence-electron chi connectivity index (χ1n) is 11.4. The fourth-order valence-electron chi connectivity index (χ4n) is 4.37. The summed E-state index contributed by atoms with van der Waals surface area (Å²) in [4.78, 5) is 0. The number of phenols is 1. The largest absolute Gasteiger partial charge is 0.508 e. The highest BCUT2D eigenvalue weighted by Gasteiger charge is 2.29. The van der Waals surface area contributed by atoms with E-state index in [4.69, 9.17) is 0 Å². The topological polar surface area (TPSA) is 20.2 Å². The number of hydrogen-bond acceptors (Lipinski definition) is 1. The van der Waals surface area contributed by atoms with Gasteiger partial charge in [-0.1, -0.05) is 103 Å². The van der Waals surface area contributed by atoms with Crippen LogP contribution in [-0.4, -0.2) is 5.11 Å². The molecule has 0 amide bonds. The molecule has 0 atom stereocenters. The summed E-state index contributed by atoms with van der Waals surface area (Å²) < 4.78 is 0. The lowest BCUT2D eigenvalue weighted by molar-refractivity contribution is 0.449. The summed E-state index contributed by atoms with van der Waals surface area (Å²) >= 11 is 0. The fraction of sp³-hybridized carbons (Fsp3) is 0.556. The fourth-order valence-corrected chi connectivity index (χ4v) is 4.37. The highest BCUT2D eigenvalue weighted by molar-refractivity contribution is 5.53. The Kier molecular flexibility index (Phi) is 9.09. The highest BCUT2D eigenvalue weighted by atomic mass is 16.3. The van der Waals surface area contributed by atoms with Gasteiger partial charge in [0.05, 0.1) is 0 Å².